The first-order chi connectivity index (χ1) is 20.5. The number of carboxylic acids is 2. The van der Waals surface area contributed by atoms with E-state index in [4.69, 9.17) is 24.1 Å². The van der Waals surface area contributed by atoms with E-state index in [1.807, 2.05) is 19.2 Å². The highest BCUT2D eigenvalue weighted by Gasteiger charge is 2.72. The number of carboxylic acid groups (broad SMARTS) is 2. The molecule has 2 aliphatic heterocycles. The summed E-state index contributed by atoms with van der Waals surface area (Å²) in [6.07, 6.45) is -3.97. The average molecular weight is 629 g/mol. The molecular weight excluding hydrogens is 593 g/mol. The quantitative estimate of drug-likeness (QED) is 0.424. The molecule has 2 aliphatic carbocycles. The Morgan fingerprint density at radius 3 is 2.36 bits per heavy atom. The van der Waals surface area contributed by atoms with Gasteiger partial charge >= 0.3 is 24.2 Å². The Labute approximate surface area is 251 Å². The largest absolute Gasteiger partial charge is 0.493 e. The number of aliphatic carboxylic acids is 2. The van der Waals surface area contributed by atoms with Gasteiger partial charge in [-0.15, -0.1) is 0 Å². The van der Waals surface area contributed by atoms with Gasteiger partial charge in [-0.05, 0) is 50.1 Å². The van der Waals surface area contributed by atoms with Crippen LogP contribution in [0.5, 0.6) is 11.5 Å². The number of halogens is 3. The van der Waals surface area contributed by atoms with Crippen molar-refractivity contribution in [2.24, 2.45) is 5.92 Å². The molecule has 1 spiro atoms. The summed E-state index contributed by atoms with van der Waals surface area (Å²) in [5.41, 5.74) is -0.111. The van der Waals surface area contributed by atoms with Gasteiger partial charge in [0.2, 0.25) is 5.91 Å². The Morgan fingerprint density at radius 1 is 1.20 bits per heavy atom. The van der Waals surface area contributed by atoms with E-state index < -0.39 is 59.2 Å². The van der Waals surface area contributed by atoms with Crippen molar-refractivity contribution in [3.8, 4) is 11.5 Å². The lowest BCUT2D eigenvalue weighted by Crippen LogP contribution is -2.74. The standard InChI is InChI=1S/C27H34N2O8.C2HF3O2/c1-6-19(30)29(21(14(2)3)24(31)32)25(33)36-17-9-10-27(34)18-13-15-7-8-16(35-5)22-20(15)26(27,23(17)37-22)11-12-28(18)4;3-2(4,5)1(6)7/h7-9,14,18,21,23,34H,6,10-13H2,1-5H3,(H,31,32);(H,6,7)/t18-,21+,23+,26+,27-;/m1./s1. The van der Waals surface area contributed by atoms with Gasteiger partial charge < -0.3 is 34.4 Å². The van der Waals surface area contributed by atoms with Crippen molar-refractivity contribution in [3.63, 3.8) is 0 Å². The van der Waals surface area contributed by atoms with Crippen molar-refractivity contribution in [1.29, 1.82) is 0 Å². The zero-order chi connectivity index (χ0) is 32.9. The van der Waals surface area contributed by atoms with Crippen molar-refractivity contribution in [1.82, 2.24) is 9.80 Å². The van der Waals surface area contributed by atoms with Gasteiger partial charge in [0.25, 0.3) is 0 Å². The maximum absolute atomic E-state index is 13.4. The maximum atomic E-state index is 13.4. The van der Waals surface area contributed by atoms with Crippen LogP contribution in [0.25, 0.3) is 0 Å². The molecule has 5 atom stereocenters. The number of likely N-dealkylation sites (N-methyl/N-ethyl adjacent to an activating group) is 1. The molecule has 1 aromatic carbocycles. The molecule has 1 fully saturated rings. The third kappa shape index (κ3) is 5.05. The first kappa shape index (κ1) is 33.1. The molecule has 2 bridgehead atoms. The molecular formula is C29H35F3N2O10. The zero-order valence-corrected chi connectivity index (χ0v) is 24.8. The summed E-state index contributed by atoms with van der Waals surface area (Å²) in [5.74, 6) is -3.99. The van der Waals surface area contributed by atoms with Crippen LogP contribution in [-0.4, -0.2) is 99.7 Å². The number of amides is 2. The second kappa shape index (κ2) is 11.6. The fraction of sp³-hybridized carbons (Fsp3) is 0.586. The highest BCUT2D eigenvalue weighted by atomic mass is 19.4. The summed E-state index contributed by atoms with van der Waals surface area (Å²) in [4.78, 5) is 50.0. The summed E-state index contributed by atoms with van der Waals surface area (Å²) >= 11 is 0. The number of hydrogen-bond donors (Lipinski definition) is 3. The monoisotopic (exact) mass is 628 g/mol. The molecule has 15 heteroatoms. The number of methoxy groups -OCH3 is 1. The fourth-order valence-electron chi connectivity index (χ4n) is 6.97. The Kier molecular flexibility index (Phi) is 8.70. The van der Waals surface area contributed by atoms with Crippen LogP contribution in [0.15, 0.2) is 24.0 Å². The van der Waals surface area contributed by atoms with Gasteiger partial charge in [0, 0.05) is 24.4 Å². The van der Waals surface area contributed by atoms with Gasteiger partial charge in [-0.3, -0.25) is 4.79 Å². The first-order valence-corrected chi connectivity index (χ1v) is 14.0. The predicted octanol–water partition coefficient (Wildman–Crippen LogP) is 3.09. The summed E-state index contributed by atoms with van der Waals surface area (Å²) in [5, 5.41) is 29.2. The molecule has 242 valence electrons. The van der Waals surface area contributed by atoms with E-state index in [-0.39, 0.29) is 24.6 Å². The van der Waals surface area contributed by atoms with Gasteiger partial charge in [-0.2, -0.15) is 13.2 Å². The van der Waals surface area contributed by atoms with Crippen molar-refractivity contribution in [2.75, 3.05) is 20.7 Å². The molecule has 1 saturated heterocycles. The predicted molar refractivity (Wildman–Crippen MR) is 145 cm³/mol. The van der Waals surface area contributed by atoms with E-state index in [1.54, 1.807) is 34.0 Å². The Bertz CT molecular complexity index is 1400. The summed E-state index contributed by atoms with van der Waals surface area (Å²) in [6, 6.07) is 2.31. The molecule has 1 aromatic rings. The van der Waals surface area contributed by atoms with E-state index in [9.17, 15) is 37.8 Å². The van der Waals surface area contributed by atoms with Crippen LogP contribution in [0.4, 0.5) is 18.0 Å². The molecule has 44 heavy (non-hydrogen) atoms. The fourth-order valence-corrected chi connectivity index (χ4v) is 6.97. The lowest BCUT2D eigenvalue weighted by Gasteiger charge is -2.61. The van der Waals surface area contributed by atoms with Gasteiger partial charge in [0.1, 0.15) is 11.8 Å². The van der Waals surface area contributed by atoms with Crippen molar-refractivity contribution in [3.05, 3.63) is 35.1 Å². The Balaban J connectivity index is 0.000000566. The van der Waals surface area contributed by atoms with Crippen molar-refractivity contribution in [2.45, 2.75) is 81.8 Å². The summed E-state index contributed by atoms with van der Waals surface area (Å²) in [6.45, 7) is 5.53. The second-order valence-electron chi connectivity index (χ2n) is 11.6. The van der Waals surface area contributed by atoms with Crippen LogP contribution in [0.2, 0.25) is 0 Å². The molecule has 2 heterocycles. The topological polar surface area (TPSA) is 163 Å². The lowest BCUT2D eigenvalue weighted by atomic mass is 9.50. The lowest BCUT2D eigenvalue weighted by molar-refractivity contribution is -0.192. The zero-order valence-electron chi connectivity index (χ0n) is 24.8. The second-order valence-corrected chi connectivity index (χ2v) is 11.6. The maximum Gasteiger partial charge on any atom is 0.490 e. The summed E-state index contributed by atoms with van der Waals surface area (Å²) < 4.78 is 49.6. The van der Waals surface area contributed by atoms with E-state index >= 15 is 0 Å². The summed E-state index contributed by atoms with van der Waals surface area (Å²) in [7, 11) is 3.55. The van der Waals surface area contributed by atoms with E-state index in [2.05, 4.69) is 4.90 Å². The SMILES string of the molecule is CCC(=O)N(C(=O)OC1=CC[C@@]2(O)[C@H]3Cc4ccc(OC)c5c4[C@@]2(CCN3C)[C@H]1O5)[C@H](C(=O)O)C(C)C.O=C(O)C(F)(F)F. The Hall–Kier alpha value is -3.85. The Morgan fingerprint density at radius 2 is 1.84 bits per heavy atom. The molecule has 0 aromatic heterocycles. The average Bonchev–Trinajstić information content (AvgIpc) is 3.30. The molecule has 0 radical (unpaired) electrons. The highest BCUT2D eigenvalue weighted by molar-refractivity contribution is 5.96. The number of carbonyl (C=O) groups excluding carboxylic acids is 2. The number of benzene rings is 1. The van der Waals surface area contributed by atoms with Crippen LogP contribution in [0, 0.1) is 5.92 Å². The number of likely N-dealkylation sites (tertiary alicyclic amines) is 1. The number of ether oxygens (including phenoxy) is 3. The molecule has 0 saturated carbocycles. The smallest absolute Gasteiger partial charge is 0.490 e. The third-order valence-electron chi connectivity index (χ3n) is 8.94. The third-order valence-corrected chi connectivity index (χ3v) is 8.94. The van der Waals surface area contributed by atoms with Crippen molar-refractivity contribution < 1.29 is 61.9 Å². The molecule has 0 unspecified atom stereocenters. The molecule has 3 N–H and O–H groups in total. The number of alkyl halides is 3. The number of aliphatic hydroxyl groups is 1. The molecule has 4 aliphatic rings. The number of carbonyl (C=O) groups is 4. The number of hydrogen-bond acceptors (Lipinski definition) is 9. The first-order valence-electron chi connectivity index (χ1n) is 14.0. The van der Waals surface area contributed by atoms with Gasteiger partial charge in [0.05, 0.1) is 18.1 Å². The molecule has 5 rings (SSSR count). The van der Waals surface area contributed by atoms with E-state index in [0.29, 0.717) is 35.8 Å². The van der Waals surface area contributed by atoms with Crippen LogP contribution >= 0.6 is 0 Å². The van der Waals surface area contributed by atoms with Crippen LogP contribution in [0.1, 0.15) is 51.2 Å². The van der Waals surface area contributed by atoms with Gasteiger partial charge in [-0.1, -0.05) is 26.8 Å². The van der Waals surface area contributed by atoms with Crippen LogP contribution in [0.3, 0.4) is 0 Å². The minimum atomic E-state index is -5.08. The van der Waals surface area contributed by atoms with Crippen LogP contribution < -0.4 is 9.47 Å². The normalized spacial score (nSPS) is 27.1. The van der Waals surface area contributed by atoms with Gasteiger partial charge in [-0.25, -0.2) is 19.3 Å². The van der Waals surface area contributed by atoms with Crippen molar-refractivity contribution >= 4 is 23.9 Å². The molecule has 2 amide bonds. The molecule has 12 nitrogen and oxygen atoms in total. The number of rotatable bonds is 6. The van der Waals surface area contributed by atoms with Gasteiger partial charge in [0.15, 0.2) is 17.6 Å². The van der Waals surface area contributed by atoms with Crippen LogP contribution in [-0.2, 0) is 31.0 Å². The number of piperidine rings is 1. The number of imide groups is 1. The minimum absolute atomic E-state index is 0.0612. The highest BCUT2D eigenvalue weighted by Crippen LogP contribution is 2.65. The minimum Gasteiger partial charge on any atom is -0.493 e. The van der Waals surface area contributed by atoms with E-state index in [1.165, 1.54) is 0 Å². The van der Waals surface area contributed by atoms with E-state index in [0.717, 1.165) is 11.1 Å². The number of nitrogens with zero attached hydrogens (tertiary/aromatic N) is 2.